The maximum absolute atomic E-state index is 14.1. The van der Waals surface area contributed by atoms with Crippen LogP contribution in [-0.4, -0.2) is 23.1 Å². The predicted molar refractivity (Wildman–Crippen MR) is 115 cm³/mol. The zero-order chi connectivity index (χ0) is 21.9. The molecule has 8 nitrogen and oxygen atoms in total. The van der Waals surface area contributed by atoms with Crippen LogP contribution in [0.1, 0.15) is 43.2 Å². The van der Waals surface area contributed by atoms with Crippen LogP contribution in [-0.2, 0) is 6.54 Å². The van der Waals surface area contributed by atoms with Crippen LogP contribution in [0.4, 0.5) is 4.39 Å². The van der Waals surface area contributed by atoms with E-state index in [4.69, 9.17) is 23.1 Å². The molecule has 0 amide bonds. The van der Waals surface area contributed by atoms with Gasteiger partial charge in [-0.1, -0.05) is 17.7 Å². The Hall–Kier alpha value is -2.23. The van der Waals surface area contributed by atoms with E-state index in [9.17, 15) is 14.5 Å². The Morgan fingerprint density at radius 1 is 1.33 bits per heavy atom. The van der Waals surface area contributed by atoms with Crippen LogP contribution < -0.4 is 22.1 Å². The van der Waals surface area contributed by atoms with E-state index in [-0.39, 0.29) is 29.7 Å². The lowest BCUT2D eigenvalue weighted by Crippen LogP contribution is -2.64. The van der Waals surface area contributed by atoms with Gasteiger partial charge in [0.2, 0.25) is 0 Å². The molecule has 1 fully saturated rings. The van der Waals surface area contributed by atoms with E-state index in [1.807, 2.05) is 0 Å². The Labute approximate surface area is 180 Å². The van der Waals surface area contributed by atoms with E-state index in [0.29, 0.717) is 23.9 Å². The molecule has 2 aliphatic rings. The van der Waals surface area contributed by atoms with Crippen molar-refractivity contribution < 1.29 is 9.31 Å². The SMILES string of the molecule is Cc1ccc(F)c(CN=C2NC=C([N+](=O)[O-])C(N)(CC3CCC(CN)CC3)N2)c1Cl. The number of benzene rings is 1. The first-order chi connectivity index (χ1) is 14.2. The van der Waals surface area contributed by atoms with Gasteiger partial charge >= 0.3 is 5.70 Å². The number of hydrogen-bond acceptors (Lipinski definition) is 5. The third-order valence-corrected chi connectivity index (χ3v) is 6.55. The number of nitrogens with two attached hydrogens (primary N) is 2. The predicted octanol–water partition coefficient (Wildman–Crippen LogP) is 2.76. The van der Waals surface area contributed by atoms with Crippen LogP contribution in [0.3, 0.4) is 0 Å². The third kappa shape index (κ3) is 4.91. The standard InChI is InChI=1S/C20H28ClFN6O2/c1-12-2-7-16(22)15(18(12)21)10-25-19-26-11-17(28(29)30)20(24,27-19)8-13-3-5-14(9-23)6-4-13/h2,7,11,13-14H,3-6,8-10,23-24H2,1H3,(H2,25,26,27). The summed E-state index contributed by atoms with van der Waals surface area (Å²) in [7, 11) is 0. The smallest absolute Gasteiger partial charge is 0.301 e. The summed E-state index contributed by atoms with van der Waals surface area (Å²) in [4.78, 5) is 15.4. The average molecular weight is 439 g/mol. The molecule has 0 aromatic heterocycles. The fraction of sp³-hybridized carbons (Fsp3) is 0.550. The van der Waals surface area contributed by atoms with Crippen molar-refractivity contribution in [2.75, 3.05) is 6.54 Å². The molecule has 10 heteroatoms. The number of aliphatic imine (C=N–C) groups is 1. The van der Waals surface area contributed by atoms with Gasteiger partial charge in [0.1, 0.15) is 5.82 Å². The van der Waals surface area contributed by atoms with Crippen molar-refractivity contribution in [2.24, 2.45) is 28.3 Å². The Balaban J connectivity index is 1.77. The molecule has 30 heavy (non-hydrogen) atoms. The lowest BCUT2D eigenvalue weighted by Gasteiger charge is -2.37. The molecule has 1 aromatic carbocycles. The molecule has 1 aromatic rings. The number of rotatable bonds is 6. The van der Waals surface area contributed by atoms with Crippen LogP contribution in [0.2, 0.25) is 5.02 Å². The van der Waals surface area contributed by atoms with Crippen LogP contribution in [0, 0.1) is 34.7 Å². The number of halogens is 2. The second-order valence-corrected chi connectivity index (χ2v) is 8.55. The molecule has 164 valence electrons. The monoisotopic (exact) mass is 438 g/mol. The van der Waals surface area contributed by atoms with Gasteiger partial charge in [0.25, 0.3) is 0 Å². The van der Waals surface area contributed by atoms with Gasteiger partial charge in [0, 0.05) is 5.56 Å². The van der Waals surface area contributed by atoms with E-state index >= 15 is 0 Å². The summed E-state index contributed by atoms with van der Waals surface area (Å²) in [5.41, 5.74) is 11.7. The van der Waals surface area contributed by atoms with Gasteiger partial charge in [-0.05, 0) is 69.0 Å². The summed E-state index contributed by atoms with van der Waals surface area (Å²) >= 11 is 6.20. The van der Waals surface area contributed by atoms with E-state index in [1.54, 1.807) is 13.0 Å². The van der Waals surface area contributed by atoms with Gasteiger partial charge in [-0.15, -0.1) is 0 Å². The molecule has 1 aliphatic carbocycles. The second-order valence-electron chi connectivity index (χ2n) is 8.18. The Bertz CT molecular complexity index is 869. The zero-order valence-electron chi connectivity index (χ0n) is 17.0. The van der Waals surface area contributed by atoms with Gasteiger partial charge in [0.05, 0.1) is 22.7 Å². The van der Waals surface area contributed by atoms with Gasteiger partial charge < -0.3 is 16.4 Å². The molecular formula is C20H28ClFN6O2. The third-order valence-electron chi connectivity index (χ3n) is 6.03. The van der Waals surface area contributed by atoms with Crippen LogP contribution in [0.25, 0.3) is 0 Å². The van der Waals surface area contributed by atoms with Crippen molar-refractivity contribution in [1.29, 1.82) is 0 Å². The van der Waals surface area contributed by atoms with Crippen molar-refractivity contribution in [3.63, 3.8) is 0 Å². The molecule has 0 spiro atoms. The topological polar surface area (TPSA) is 132 Å². The molecule has 0 saturated heterocycles. The highest BCUT2D eigenvalue weighted by Gasteiger charge is 2.44. The average Bonchev–Trinajstić information content (AvgIpc) is 2.71. The first kappa shape index (κ1) is 22.5. The fourth-order valence-electron chi connectivity index (χ4n) is 4.18. The minimum absolute atomic E-state index is 0.0268. The van der Waals surface area contributed by atoms with Crippen LogP contribution in [0.5, 0.6) is 0 Å². The molecule has 1 atom stereocenters. The van der Waals surface area contributed by atoms with Crippen molar-refractivity contribution in [1.82, 2.24) is 10.6 Å². The second kappa shape index (κ2) is 9.28. The van der Waals surface area contributed by atoms with Crippen molar-refractivity contribution in [3.05, 3.63) is 56.1 Å². The fourth-order valence-corrected chi connectivity index (χ4v) is 4.39. The molecule has 0 radical (unpaired) electrons. The molecule has 1 unspecified atom stereocenters. The largest absolute Gasteiger partial charge is 0.330 e. The highest BCUT2D eigenvalue weighted by Crippen LogP contribution is 2.34. The van der Waals surface area contributed by atoms with E-state index in [1.165, 1.54) is 12.3 Å². The molecule has 1 aliphatic heterocycles. The van der Waals surface area contributed by atoms with Crippen molar-refractivity contribution >= 4 is 17.6 Å². The first-order valence-electron chi connectivity index (χ1n) is 10.1. The summed E-state index contributed by atoms with van der Waals surface area (Å²) in [6.07, 6.45) is 5.51. The van der Waals surface area contributed by atoms with Crippen molar-refractivity contribution in [3.8, 4) is 0 Å². The molecule has 3 rings (SSSR count). The van der Waals surface area contributed by atoms with Crippen molar-refractivity contribution in [2.45, 2.75) is 51.2 Å². The number of hydrogen-bond donors (Lipinski definition) is 4. The minimum Gasteiger partial charge on any atom is -0.330 e. The summed E-state index contributed by atoms with van der Waals surface area (Å²) in [6, 6.07) is 2.94. The van der Waals surface area contributed by atoms with Gasteiger partial charge in [-0.2, -0.15) is 0 Å². The Morgan fingerprint density at radius 2 is 2.00 bits per heavy atom. The summed E-state index contributed by atoms with van der Waals surface area (Å²) in [6.45, 7) is 2.42. The van der Waals surface area contributed by atoms with Gasteiger partial charge in [-0.3, -0.25) is 15.8 Å². The number of aryl methyl sites for hydroxylation is 1. The van der Waals surface area contributed by atoms with Crippen LogP contribution >= 0.6 is 11.6 Å². The summed E-state index contributed by atoms with van der Waals surface area (Å²) in [5.74, 6) is 0.544. The minimum atomic E-state index is -1.37. The van der Waals surface area contributed by atoms with E-state index in [0.717, 1.165) is 31.2 Å². The molecule has 1 saturated carbocycles. The normalized spacial score (nSPS) is 27.9. The van der Waals surface area contributed by atoms with Gasteiger partial charge in [0.15, 0.2) is 11.6 Å². The zero-order valence-corrected chi connectivity index (χ0v) is 17.7. The van der Waals surface area contributed by atoms with E-state index in [2.05, 4.69) is 15.6 Å². The number of guanidine groups is 1. The number of nitrogens with one attached hydrogen (secondary N) is 2. The lowest BCUT2D eigenvalue weighted by atomic mass is 9.77. The first-order valence-corrected chi connectivity index (χ1v) is 10.5. The van der Waals surface area contributed by atoms with Crippen LogP contribution in [0.15, 0.2) is 29.0 Å². The summed E-state index contributed by atoms with van der Waals surface area (Å²) < 4.78 is 14.1. The molecule has 6 N–H and O–H groups in total. The maximum atomic E-state index is 14.1. The molecule has 1 heterocycles. The van der Waals surface area contributed by atoms with Gasteiger partial charge in [-0.25, -0.2) is 9.38 Å². The Kier molecular flexibility index (Phi) is 6.95. The number of nitrogens with zero attached hydrogens (tertiary/aromatic N) is 2. The molecule has 0 bridgehead atoms. The Morgan fingerprint density at radius 3 is 2.63 bits per heavy atom. The quantitative estimate of drug-likeness (QED) is 0.399. The maximum Gasteiger partial charge on any atom is 0.301 e. The highest BCUT2D eigenvalue weighted by molar-refractivity contribution is 6.32. The molecular weight excluding hydrogens is 411 g/mol. The number of nitro groups is 1. The van der Waals surface area contributed by atoms with E-state index < -0.39 is 16.4 Å². The summed E-state index contributed by atoms with van der Waals surface area (Å²) in [5, 5.41) is 17.6. The lowest BCUT2D eigenvalue weighted by molar-refractivity contribution is -0.437. The highest BCUT2D eigenvalue weighted by atomic mass is 35.5.